The van der Waals surface area contributed by atoms with Gasteiger partial charge in [0.15, 0.2) is 0 Å². The first-order chi connectivity index (χ1) is 5.79. The SMILES string of the molecule is N=C(N)c1ccnn1C1CCC1. The second-order valence-electron chi connectivity index (χ2n) is 3.16. The Balaban J connectivity index is 2.29. The lowest BCUT2D eigenvalue weighted by atomic mass is 9.93. The summed E-state index contributed by atoms with van der Waals surface area (Å²) in [6.07, 6.45) is 5.31. The third kappa shape index (κ3) is 0.995. The van der Waals surface area contributed by atoms with Crippen LogP contribution in [0.4, 0.5) is 0 Å². The molecule has 1 aliphatic rings. The molecule has 4 heteroatoms. The second-order valence-corrected chi connectivity index (χ2v) is 3.16. The zero-order valence-electron chi connectivity index (χ0n) is 6.83. The lowest BCUT2D eigenvalue weighted by Gasteiger charge is -2.27. The Morgan fingerprint density at radius 2 is 2.42 bits per heavy atom. The van der Waals surface area contributed by atoms with Gasteiger partial charge in [-0.15, -0.1) is 0 Å². The molecule has 0 saturated heterocycles. The maximum absolute atomic E-state index is 7.30. The molecule has 0 bridgehead atoms. The van der Waals surface area contributed by atoms with E-state index < -0.39 is 0 Å². The maximum Gasteiger partial charge on any atom is 0.141 e. The summed E-state index contributed by atoms with van der Waals surface area (Å²) in [4.78, 5) is 0. The van der Waals surface area contributed by atoms with E-state index >= 15 is 0 Å². The first-order valence-corrected chi connectivity index (χ1v) is 4.17. The summed E-state index contributed by atoms with van der Waals surface area (Å²) in [6, 6.07) is 2.28. The summed E-state index contributed by atoms with van der Waals surface area (Å²) in [5.41, 5.74) is 6.15. The van der Waals surface area contributed by atoms with Gasteiger partial charge in [-0.1, -0.05) is 0 Å². The van der Waals surface area contributed by atoms with Crippen molar-refractivity contribution in [3.8, 4) is 0 Å². The number of rotatable bonds is 2. The van der Waals surface area contributed by atoms with Crippen molar-refractivity contribution in [2.24, 2.45) is 5.73 Å². The van der Waals surface area contributed by atoms with E-state index in [-0.39, 0.29) is 5.84 Å². The maximum atomic E-state index is 7.30. The average Bonchev–Trinajstić information content (AvgIpc) is 2.31. The van der Waals surface area contributed by atoms with Crippen LogP contribution in [0.5, 0.6) is 0 Å². The van der Waals surface area contributed by atoms with Crippen LogP contribution in [0.2, 0.25) is 0 Å². The Kier molecular flexibility index (Phi) is 1.60. The van der Waals surface area contributed by atoms with Gasteiger partial charge in [-0.2, -0.15) is 5.10 Å². The van der Waals surface area contributed by atoms with Gasteiger partial charge >= 0.3 is 0 Å². The zero-order chi connectivity index (χ0) is 8.55. The molecule has 4 nitrogen and oxygen atoms in total. The van der Waals surface area contributed by atoms with Crippen molar-refractivity contribution in [3.63, 3.8) is 0 Å². The van der Waals surface area contributed by atoms with Crippen molar-refractivity contribution in [2.75, 3.05) is 0 Å². The normalized spacial score (nSPS) is 17.3. The van der Waals surface area contributed by atoms with Crippen molar-refractivity contribution in [1.29, 1.82) is 5.41 Å². The fourth-order valence-corrected chi connectivity index (χ4v) is 1.45. The molecule has 2 rings (SSSR count). The molecule has 0 amide bonds. The van der Waals surface area contributed by atoms with Crippen LogP contribution in [-0.4, -0.2) is 15.6 Å². The van der Waals surface area contributed by atoms with E-state index in [1.54, 1.807) is 12.3 Å². The third-order valence-corrected chi connectivity index (χ3v) is 2.37. The van der Waals surface area contributed by atoms with E-state index in [0.29, 0.717) is 6.04 Å². The summed E-state index contributed by atoms with van der Waals surface area (Å²) < 4.78 is 1.87. The predicted octanol–water partition coefficient (Wildman–Crippen LogP) is 0.892. The molecular formula is C8H12N4. The molecule has 1 fully saturated rings. The van der Waals surface area contributed by atoms with Crippen LogP contribution in [0.15, 0.2) is 12.3 Å². The molecule has 12 heavy (non-hydrogen) atoms. The van der Waals surface area contributed by atoms with Gasteiger partial charge in [-0.05, 0) is 25.3 Å². The van der Waals surface area contributed by atoms with Crippen molar-refractivity contribution < 1.29 is 0 Å². The summed E-state index contributed by atoms with van der Waals surface area (Å²) in [7, 11) is 0. The van der Waals surface area contributed by atoms with Crippen LogP contribution in [0.1, 0.15) is 31.0 Å². The number of nitrogens with two attached hydrogens (primary N) is 1. The molecule has 0 atom stereocenters. The summed E-state index contributed by atoms with van der Waals surface area (Å²) in [5, 5.41) is 11.5. The molecule has 1 aliphatic carbocycles. The Morgan fingerprint density at radius 1 is 1.67 bits per heavy atom. The lowest BCUT2D eigenvalue weighted by Crippen LogP contribution is -2.25. The quantitative estimate of drug-likeness (QED) is 0.503. The first kappa shape index (κ1) is 7.34. The van der Waals surface area contributed by atoms with Crippen LogP contribution in [0.25, 0.3) is 0 Å². The van der Waals surface area contributed by atoms with E-state index in [1.807, 2.05) is 4.68 Å². The Morgan fingerprint density at radius 3 is 2.92 bits per heavy atom. The number of amidine groups is 1. The van der Waals surface area contributed by atoms with Gasteiger partial charge in [0.2, 0.25) is 0 Å². The molecule has 0 spiro atoms. The smallest absolute Gasteiger partial charge is 0.141 e. The molecule has 0 aliphatic heterocycles. The largest absolute Gasteiger partial charge is 0.382 e. The monoisotopic (exact) mass is 164 g/mol. The van der Waals surface area contributed by atoms with Gasteiger partial charge in [0.1, 0.15) is 11.5 Å². The highest BCUT2D eigenvalue weighted by Gasteiger charge is 2.22. The minimum absolute atomic E-state index is 0.111. The molecule has 0 aromatic carbocycles. The number of hydrogen-bond acceptors (Lipinski definition) is 2. The lowest BCUT2D eigenvalue weighted by molar-refractivity contribution is 0.288. The average molecular weight is 164 g/mol. The highest BCUT2D eigenvalue weighted by Crippen LogP contribution is 2.31. The fourth-order valence-electron chi connectivity index (χ4n) is 1.45. The molecule has 1 aromatic rings. The molecule has 1 aromatic heterocycles. The van der Waals surface area contributed by atoms with Crippen molar-refractivity contribution in [2.45, 2.75) is 25.3 Å². The number of nitrogens with one attached hydrogen (secondary N) is 1. The predicted molar refractivity (Wildman–Crippen MR) is 46.1 cm³/mol. The molecule has 3 N–H and O–H groups in total. The Labute approximate surface area is 70.9 Å². The molecule has 64 valence electrons. The highest BCUT2D eigenvalue weighted by molar-refractivity contribution is 5.93. The standard InChI is InChI=1S/C8H12N4/c9-8(10)7-4-5-11-12(7)6-2-1-3-6/h4-6H,1-3H2,(H3,9,10). The van der Waals surface area contributed by atoms with E-state index in [2.05, 4.69) is 5.10 Å². The van der Waals surface area contributed by atoms with Crippen molar-refractivity contribution in [1.82, 2.24) is 9.78 Å². The number of hydrogen-bond donors (Lipinski definition) is 2. The third-order valence-electron chi connectivity index (χ3n) is 2.37. The van der Waals surface area contributed by atoms with Crippen molar-refractivity contribution in [3.05, 3.63) is 18.0 Å². The molecule has 1 heterocycles. The minimum atomic E-state index is 0.111. The van der Waals surface area contributed by atoms with E-state index in [9.17, 15) is 0 Å². The van der Waals surface area contributed by atoms with Gasteiger partial charge in [-0.25, -0.2) is 0 Å². The van der Waals surface area contributed by atoms with Crippen LogP contribution >= 0.6 is 0 Å². The van der Waals surface area contributed by atoms with E-state index in [0.717, 1.165) is 5.69 Å². The van der Waals surface area contributed by atoms with Gasteiger partial charge in [0.05, 0.1) is 6.04 Å². The molecule has 1 saturated carbocycles. The summed E-state index contributed by atoms with van der Waals surface area (Å²) >= 11 is 0. The molecule has 0 unspecified atom stereocenters. The zero-order valence-corrected chi connectivity index (χ0v) is 6.83. The second kappa shape index (κ2) is 2.62. The highest BCUT2D eigenvalue weighted by atomic mass is 15.3. The van der Waals surface area contributed by atoms with E-state index in [4.69, 9.17) is 11.1 Å². The van der Waals surface area contributed by atoms with Gasteiger partial charge in [0.25, 0.3) is 0 Å². The van der Waals surface area contributed by atoms with Crippen LogP contribution < -0.4 is 5.73 Å². The minimum Gasteiger partial charge on any atom is -0.382 e. The first-order valence-electron chi connectivity index (χ1n) is 4.17. The van der Waals surface area contributed by atoms with Crippen molar-refractivity contribution >= 4 is 5.84 Å². The Hall–Kier alpha value is -1.32. The van der Waals surface area contributed by atoms with Crippen LogP contribution in [-0.2, 0) is 0 Å². The molecular weight excluding hydrogens is 152 g/mol. The topological polar surface area (TPSA) is 67.7 Å². The van der Waals surface area contributed by atoms with Gasteiger partial charge in [0, 0.05) is 6.20 Å². The van der Waals surface area contributed by atoms with Gasteiger partial charge in [-0.3, -0.25) is 10.1 Å². The number of aromatic nitrogens is 2. The number of nitrogens with zero attached hydrogens (tertiary/aromatic N) is 2. The van der Waals surface area contributed by atoms with Crippen LogP contribution in [0, 0.1) is 5.41 Å². The van der Waals surface area contributed by atoms with E-state index in [1.165, 1.54) is 19.3 Å². The Bertz CT molecular complexity index is 298. The van der Waals surface area contributed by atoms with Crippen LogP contribution in [0.3, 0.4) is 0 Å². The summed E-state index contributed by atoms with van der Waals surface area (Å²) in [5.74, 6) is 0.111. The summed E-state index contributed by atoms with van der Waals surface area (Å²) in [6.45, 7) is 0. The fraction of sp³-hybridized carbons (Fsp3) is 0.500. The molecule has 0 radical (unpaired) electrons. The number of nitrogen functional groups attached to an aromatic ring is 1. The van der Waals surface area contributed by atoms with Gasteiger partial charge < -0.3 is 5.73 Å².